The lowest BCUT2D eigenvalue weighted by molar-refractivity contribution is 0.962. The number of halogens is 2. The molecule has 3 aromatic rings. The summed E-state index contributed by atoms with van der Waals surface area (Å²) in [5.74, 6) is 0. The highest BCUT2D eigenvalue weighted by atomic mass is 35.5. The molecule has 3 rings (SSSR count). The highest BCUT2D eigenvalue weighted by molar-refractivity contribution is 6.43. The molecule has 128 valence electrons. The van der Waals surface area contributed by atoms with Gasteiger partial charge in [-0.2, -0.15) is 0 Å². The van der Waals surface area contributed by atoms with Crippen molar-refractivity contribution in [2.75, 3.05) is 0 Å². The fourth-order valence-electron chi connectivity index (χ4n) is 2.93. The second-order valence-electron chi connectivity index (χ2n) is 6.01. The lowest BCUT2D eigenvalue weighted by Gasteiger charge is -2.10. The van der Waals surface area contributed by atoms with Crippen LogP contribution in [0.5, 0.6) is 0 Å². The van der Waals surface area contributed by atoms with Crippen LogP contribution in [-0.4, -0.2) is 10.8 Å². The van der Waals surface area contributed by atoms with E-state index in [0.29, 0.717) is 15.7 Å². The van der Waals surface area contributed by atoms with E-state index in [1.54, 1.807) is 6.07 Å². The number of aryl methyl sites for hydroxylation is 2. The third-order valence-corrected chi connectivity index (χ3v) is 5.16. The molecule has 25 heavy (non-hydrogen) atoms. The molecule has 0 spiro atoms. The van der Waals surface area contributed by atoms with Crippen LogP contribution in [0.25, 0.3) is 5.69 Å². The van der Waals surface area contributed by atoms with E-state index >= 15 is 0 Å². The van der Waals surface area contributed by atoms with Crippen LogP contribution in [0.3, 0.4) is 0 Å². The Morgan fingerprint density at radius 3 is 2.44 bits per heavy atom. The number of hydrogen-bond acceptors (Lipinski definition) is 1. The number of aromatic nitrogens is 1. The Kier molecular flexibility index (Phi) is 5.31. The van der Waals surface area contributed by atoms with Crippen molar-refractivity contribution < 1.29 is 0 Å². The lowest BCUT2D eigenvalue weighted by atomic mass is 10.1. The largest absolute Gasteiger partial charge is 0.318 e. The quantitative estimate of drug-likeness (QED) is 0.453. The molecule has 2 aromatic carbocycles. The second kappa shape index (κ2) is 7.47. The van der Waals surface area contributed by atoms with E-state index in [1.165, 1.54) is 11.3 Å². The molecule has 0 fully saturated rings. The van der Waals surface area contributed by atoms with Crippen LogP contribution in [0.15, 0.2) is 53.5 Å². The number of hydrogen-bond donors (Lipinski definition) is 0. The van der Waals surface area contributed by atoms with E-state index in [2.05, 4.69) is 60.7 Å². The molecule has 4 heteroatoms. The van der Waals surface area contributed by atoms with E-state index in [4.69, 9.17) is 23.2 Å². The average Bonchev–Trinajstić information content (AvgIpc) is 2.90. The standard InChI is InChI=1S/C21H20Cl2N2/c1-4-16-8-10-18(11-9-16)25-14(2)12-17(15(25)3)13-24-20-7-5-6-19(22)21(20)23/h5-13H,4H2,1-3H3. The minimum atomic E-state index is 0.476. The predicted octanol–water partition coefficient (Wildman–Crippen LogP) is 6.71. The number of rotatable bonds is 4. The molecule has 0 aliphatic heterocycles. The lowest BCUT2D eigenvalue weighted by Crippen LogP contribution is -1.99. The zero-order valence-electron chi connectivity index (χ0n) is 14.6. The van der Waals surface area contributed by atoms with Crippen molar-refractivity contribution in [3.05, 3.63) is 81.1 Å². The molecule has 1 aromatic heterocycles. The molecule has 1 heterocycles. The van der Waals surface area contributed by atoms with Crippen LogP contribution in [-0.2, 0) is 6.42 Å². The van der Waals surface area contributed by atoms with Gasteiger partial charge in [0.2, 0.25) is 0 Å². The van der Waals surface area contributed by atoms with Gasteiger partial charge in [0.25, 0.3) is 0 Å². The Morgan fingerprint density at radius 2 is 1.76 bits per heavy atom. The predicted molar refractivity (Wildman–Crippen MR) is 108 cm³/mol. The maximum Gasteiger partial charge on any atom is 0.0848 e. The number of benzene rings is 2. The van der Waals surface area contributed by atoms with Gasteiger partial charge in [0, 0.05) is 28.9 Å². The summed E-state index contributed by atoms with van der Waals surface area (Å²) < 4.78 is 2.24. The van der Waals surface area contributed by atoms with Crippen LogP contribution >= 0.6 is 23.2 Å². The smallest absolute Gasteiger partial charge is 0.0848 e. The molecular weight excluding hydrogens is 351 g/mol. The number of aliphatic imine (C=N–C) groups is 1. The molecule has 0 aliphatic carbocycles. The summed E-state index contributed by atoms with van der Waals surface area (Å²) in [4.78, 5) is 4.52. The van der Waals surface area contributed by atoms with Crippen LogP contribution < -0.4 is 0 Å². The molecule has 0 N–H and O–H groups in total. The Bertz CT molecular complexity index is 922. The van der Waals surface area contributed by atoms with Gasteiger partial charge < -0.3 is 4.57 Å². The van der Waals surface area contributed by atoms with Crippen LogP contribution in [0.1, 0.15) is 29.4 Å². The first-order valence-electron chi connectivity index (χ1n) is 8.27. The van der Waals surface area contributed by atoms with E-state index in [9.17, 15) is 0 Å². The summed E-state index contributed by atoms with van der Waals surface area (Å²) in [6.07, 6.45) is 2.89. The van der Waals surface area contributed by atoms with Crippen molar-refractivity contribution in [2.24, 2.45) is 4.99 Å². The molecule has 0 saturated carbocycles. The van der Waals surface area contributed by atoms with Crippen molar-refractivity contribution in [2.45, 2.75) is 27.2 Å². The van der Waals surface area contributed by atoms with Gasteiger partial charge in [-0.05, 0) is 56.2 Å². The Balaban J connectivity index is 1.96. The topological polar surface area (TPSA) is 17.3 Å². The summed E-state index contributed by atoms with van der Waals surface area (Å²) in [6.45, 7) is 6.36. The van der Waals surface area contributed by atoms with Crippen molar-refractivity contribution in [1.29, 1.82) is 0 Å². The van der Waals surface area contributed by atoms with Crippen molar-refractivity contribution in [3.8, 4) is 5.69 Å². The zero-order valence-corrected chi connectivity index (χ0v) is 16.1. The van der Waals surface area contributed by atoms with Gasteiger partial charge in [0.05, 0.1) is 15.7 Å². The zero-order chi connectivity index (χ0) is 18.0. The van der Waals surface area contributed by atoms with Crippen LogP contribution in [0.2, 0.25) is 10.0 Å². The van der Waals surface area contributed by atoms with Gasteiger partial charge >= 0.3 is 0 Å². The maximum absolute atomic E-state index is 6.21. The highest BCUT2D eigenvalue weighted by Gasteiger charge is 2.10. The summed E-state index contributed by atoms with van der Waals surface area (Å²) in [5.41, 5.74) is 6.54. The summed E-state index contributed by atoms with van der Waals surface area (Å²) >= 11 is 12.3. The van der Waals surface area contributed by atoms with Crippen molar-refractivity contribution in [1.82, 2.24) is 4.57 Å². The third kappa shape index (κ3) is 3.65. The second-order valence-corrected chi connectivity index (χ2v) is 6.80. The van der Waals surface area contributed by atoms with E-state index in [1.807, 2.05) is 18.3 Å². The summed E-state index contributed by atoms with van der Waals surface area (Å²) in [6, 6.07) is 16.3. The van der Waals surface area contributed by atoms with E-state index in [-0.39, 0.29) is 0 Å². The molecular formula is C21H20Cl2N2. The van der Waals surface area contributed by atoms with Gasteiger partial charge in [-0.25, -0.2) is 0 Å². The molecule has 2 nitrogen and oxygen atoms in total. The van der Waals surface area contributed by atoms with Gasteiger partial charge in [0.1, 0.15) is 0 Å². The van der Waals surface area contributed by atoms with Gasteiger partial charge in [-0.3, -0.25) is 4.99 Å². The first-order valence-corrected chi connectivity index (χ1v) is 9.03. The number of nitrogens with zero attached hydrogens (tertiary/aromatic N) is 2. The fourth-order valence-corrected chi connectivity index (χ4v) is 3.27. The van der Waals surface area contributed by atoms with Crippen LogP contribution in [0.4, 0.5) is 5.69 Å². The molecule has 0 saturated heterocycles. The minimum Gasteiger partial charge on any atom is -0.318 e. The van der Waals surface area contributed by atoms with E-state index in [0.717, 1.165) is 23.4 Å². The molecule has 0 aliphatic rings. The maximum atomic E-state index is 6.21. The molecule has 0 atom stereocenters. The third-order valence-electron chi connectivity index (χ3n) is 4.35. The van der Waals surface area contributed by atoms with E-state index < -0.39 is 0 Å². The highest BCUT2D eigenvalue weighted by Crippen LogP contribution is 2.31. The van der Waals surface area contributed by atoms with Gasteiger partial charge in [-0.1, -0.05) is 48.3 Å². The monoisotopic (exact) mass is 370 g/mol. The fraction of sp³-hybridized carbons (Fsp3) is 0.190. The first-order chi connectivity index (χ1) is 12.0. The summed E-state index contributed by atoms with van der Waals surface area (Å²) in [5, 5.41) is 0.988. The molecule has 0 radical (unpaired) electrons. The molecule has 0 bridgehead atoms. The van der Waals surface area contributed by atoms with Crippen molar-refractivity contribution in [3.63, 3.8) is 0 Å². The Morgan fingerprint density at radius 1 is 1.04 bits per heavy atom. The summed E-state index contributed by atoms with van der Waals surface area (Å²) in [7, 11) is 0. The Labute approximate surface area is 158 Å². The first kappa shape index (κ1) is 17.8. The molecule has 0 unspecified atom stereocenters. The Hall–Kier alpha value is -2.03. The average molecular weight is 371 g/mol. The normalized spacial score (nSPS) is 11.4. The van der Waals surface area contributed by atoms with Crippen molar-refractivity contribution >= 4 is 35.1 Å². The molecule has 0 amide bonds. The minimum absolute atomic E-state index is 0.476. The SMILES string of the molecule is CCc1ccc(-n2c(C)cc(C=Nc3cccc(Cl)c3Cl)c2C)cc1. The van der Waals surface area contributed by atoms with Crippen LogP contribution in [0, 0.1) is 13.8 Å². The van der Waals surface area contributed by atoms with Gasteiger partial charge in [0.15, 0.2) is 0 Å². The van der Waals surface area contributed by atoms with Gasteiger partial charge in [-0.15, -0.1) is 0 Å².